The number of anilines is 1. The van der Waals surface area contributed by atoms with Gasteiger partial charge < -0.3 is 10.6 Å². The number of hydroxylamine groups is 1. The zero-order valence-corrected chi connectivity index (χ0v) is 13.7. The van der Waals surface area contributed by atoms with Crippen LogP contribution in [0.5, 0.6) is 0 Å². The highest BCUT2D eigenvalue weighted by Gasteiger charge is 2.22. The van der Waals surface area contributed by atoms with Crippen molar-refractivity contribution < 1.29 is 14.8 Å². The van der Waals surface area contributed by atoms with Crippen molar-refractivity contribution in [3.63, 3.8) is 0 Å². The van der Waals surface area contributed by atoms with E-state index in [1.807, 2.05) is 6.92 Å². The Balaban J connectivity index is 1.91. The molecule has 1 aromatic rings. The van der Waals surface area contributed by atoms with Crippen molar-refractivity contribution >= 4 is 23.7 Å². The first-order valence-corrected chi connectivity index (χ1v) is 8.13. The molecule has 8 nitrogen and oxygen atoms in total. The van der Waals surface area contributed by atoms with Crippen molar-refractivity contribution in [1.29, 1.82) is 0 Å². The third-order valence-electron chi connectivity index (χ3n) is 3.94. The van der Waals surface area contributed by atoms with Gasteiger partial charge in [-0.15, -0.1) is 0 Å². The molecule has 8 heteroatoms. The minimum Gasteiger partial charge on any atom is -0.357 e. The molecule has 4 N–H and O–H groups in total. The molecule has 0 spiro atoms. The second-order valence-electron chi connectivity index (χ2n) is 5.73. The van der Waals surface area contributed by atoms with Crippen molar-refractivity contribution in [3.05, 3.63) is 24.2 Å². The van der Waals surface area contributed by atoms with Crippen LogP contribution in [-0.2, 0) is 9.59 Å². The molecule has 130 valence electrons. The molecule has 1 aliphatic rings. The van der Waals surface area contributed by atoms with E-state index in [9.17, 15) is 9.59 Å². The van der Waals surface area contributed by atoms with Crippen molar-refractivity contribution in [2.75, 3.05) is 5.32 Å². The number of nitrogens with one attached hydrogen (secondary N) is 3. The number of nitrogens with zero attached hydrogens (tertiary/aromatic N) is 2. The number of rotatable bonds is 7. The summed E-state index contributed by atoms with van der Waals surface area (Å²) in [7, 11) is 0. The highest BCUT2D eigenvalue weighted by atomic mass is 16.5. The number of amides is 2. The van der Waals surface area contributed by atoms with Gasteiger partial charge in [0.1, 0.15) is 11.9 Å². The fourth-order valence-electron chi connectivity index (χ4n) is 2.60. The standard InChI is InChI=1S/C16H23N5O3/c1-2-13(16(23)19-11-5-3-4-6-11)20-14-10-17-12(9-18-14)7-8-15(22)21-24/h7-11,13,24H,2-6H2,1H3,(H,18,20)(H,19,23)(H,21,22)/b8-7+/t13-/m1/s1. The Morgan fingerprint density at radius 3 is 2.67 bits per heavy atom. The number of hydrogen-bond donors (Lipinski definition) is 4. The van der Waals surface area contributed by atoms with Crippen molar-refractivity contribution in [2.24, 2.45) is 0 Å². The molecule has 0 aromatic carbocycles. The van der Waals surface area contributed by atoms with Crippen LogP contribution in [0.1, 0.15) is 44.7 Å². The van der Waals surface area contributed by atoms with E-state index in [1.54, 1.807) is 0 Å². The van der Waals surface area contributed by atoms with Crippen LogP contribution in [-0.4, -0.2) is 39.1 Å². The molecule has 1 aliphatic carbocycles. The summed E-state index contributed by atoms with van der Waals surface area (Å²) >= 11 is 0. The molecule has 1 heterocycles. The lowest BCUT2D eigenvalue weighted by atomic mass is 10.1. The van der Waals surface area contributed by atoms with E-state index in [0.717, 1.165) is 18.9 Å². The van der Waals surface area contributed by atoms with Crippen LogP contribution >= 0.6 is 0 Å². The van der Waals surface area contributed by atoms with Gasteiger partial charge in [-0.1, -0.05) is 19.8 Å². The second kappa shape index (κ2) is 8.97. The van der Waals surface area contributed by atoms with E-state index in [0.29, 0.717) is 17.9 Å². The largest absolute Gasteiger partial charge is 0.357 e. The van der Waals surface area contributed by atoms with Gasteiger partial charge in [0.05, 0.1) is 18.1 Å². The Hall–Kier alpha value is -2.48. The van der Waals surface area contributed by atoms with E-state index in [1.165, 1.54) is 36.8 Å². The maximum atomic E-state index is 12.3. The van der Waals surface area contributed by atoms with Gasteiger partial charge in [-0.3, -0.25) is 19.8 Å². The Morgan fingerprint density at radius 2 is 2.08 bits per heavy atom. The molecule has 1 fully saturated rings. The van der Waals surface area contributed by atoms with E-state index in [2.05, 4.69) is 20.6 Å². The summed E-state index contributed by atoms with van der Waals surface area (Å²) in [5.41, 5.74) is 1.96. The molecule has 2 amide bonds. The van der Waals surface area contributed by atoms with Gasteiger partial charge >= 0.3 is 0 Å². The van der Waals surface area contributed by atoms with Gasteiger partial charge in [0.25, 0.3) is 5.91 Å². The average Bonchev–Trinajstić information content (AvgIpc) is 3.11. The quantitative estimate of drug-likeness (QED) is 0.339. The van der Waals surface area contributed by atoms with E-state index < -0.39 is 5.91 Å². The fourth-order valence-corrected chi connectivity index (χ4v) is 2.60. The summed E-state index contributed by atoms with van der Waals surface area (Å²) < 4.78 is 0. The van der Waals surface area contributed by atoms with Crippen LogP contribution in [0, 0.1) is 0 Å². The number of hydrogen-bond acceptors (Lipinski definition) is 6. The van der Waals surface area contributed by atoms with Gasteiger partial charge in [-0.25, -0.2) is 10.5 Å². The lowest BCUT2D eigenvalue weighted by molar-refractivity contribution is -0.124. The molecule has 0 radical (unpaired) electrons. The average molecular weight is 333 g/mol. The lowest BCUT2D eigenvalue weighted by Gasteiger charge is -2.20. The summed E-state index contributed by atoms with van der Waals surface area (Å²) in [4.78, 5) is 31.5. The Labute approximate surface area is 140 Å². The molecule has 24 heavy (non-hydrogen) atoms. The van der Waals surface area contributed by atoms with Crippen molar-refractivity contribution in [2.45, 2.75) is 51.1 Å². The van der Waals surface area contributed by atoms with Crippen LogP contribution in [0.3, 0.4) is 0 Å². The van der Waals surface area contributed by atoms with E-state index in [-0.39, 0.29) is 18.0 Å². The predicted molar refractivity (Wildman–Crippen MR) is 89.1 cm³/mol. The Morgan fingerprint density at radius 1 is 1.33 bits per heavy atom. The third-order valence-corrected chi connectivity index (χ3v) is 3.94. The topological polar surface area (TPSA) is 116 Å². The SMILES string of the molecule is CC[C@@H](Nc1cnc(/C=C/C(=O)NO)cn1)C(=O)NC1CCCC1. The first-order valence-electron chi connectivity index (χ1n) is 8.13. The number of carbonyl (C=O) groups is 2. The minimum atomic E-state index is -0.645. The monoisotopic (exact) mass is 333 g/mol. The highest BCUT2D eigenvalue weighted by molar-refractivity contribution is 5.90. The summed E-state index contributed by atoms with van der Waals surface area (Å²) in [5.74, 6) is -0.171. The fraction of sp³-hybridized carbons (Fsp3) is 0.500. The number of carbonyl (C=O) groups excluding carboxylic acids is 2. The predicted octanol–water partition coefficient (Wildman–Crippen LogP) is 1.24. The second-order valence-corrected chi connectivity index (χ2v) is 5.73. The lowest BCUT2D eigenvalue weighted by Crippen LogP contribution is -2.43. The summed E-state index contributed by atoms with van der Waals surface area (Å²) in [6.07, 6.45) is 10.6. The van der Waals surface area contributed by atoms with E-state index in [4.69, 9.17) is 5.21 Å². The third kappa shape index (κ3) is 5.31. The van der Waals surface area contributed by atoms with Crippen LogP contribution in [0.25, 0.3) is 6.08 Å². The number of aromatic nitrogens is 2. The molecule has 0 bridgehead atoms. The van der Waals surface area contributed by atoms with Gasteiger partial charge in [-0.05, 0) is 25.3 Å². The van der Waals surface area contributed by atoms with Gasteiger partial charge in [0, 0.05) is 12.1 Å². The maximum Gasteiger partial charge on any atom is 0.267 e. The van der Waals surface area contributed by atoms with Gasteiger partial charge in [-0.2, -0.15) is 0 Å². The smallest absolute Gasteiger partial charge is 0.267 e. The van der Waals surface area contributed by atoms with Crippen LogP contribution in [0.4, 0.5) is 5.82 Å². The zero-order chi connectivity index (χ0) is 17.4. The normalized spacial score (nSPS) is 16.1. The van der Waals surface area contributed by atoms with Crippen LogP contribution in [0.2, 0.25) is 0 Å². The molecule has 2 rings (SSSR count). The van der Waals surface area contributed by atoms with Crippen LogP contribution < -0.4 is 16.1 Å². The van der Waals surface area contributed by atoms with Crippen molar-refractivity contribution in [1.82, 2.24) is 20.8 Å². The van der Waals surface area contributed by atoms with Crippen LogP contribution in [0.15, 0.2) is 18.5 Å². The first-order chi connectivity index (χ1) is 11.6. The zero-order valence-electron chi connectivity index (χ0n) is 13.7. The summed E-state index contributed by atoms with van der Waals surface area (Å²) in [6.45, 7) is 1.93. The molecule has 0 saturated heterocycles. The maximum absolute atomic E-state index is 12.3. The van der Waals surface area contributed by atoms with E-state index >= 15 is 0 Å². The minimum absolute atomic E-state index is 0.0187. The highest BCUT2D eigenvalue weighted by Crippen LogP contribution is 2.18. The van der Waals surface area contributed by atoms with Gasteiger partial charge in [0.15, 0.2) is 0 Å². The Bertz CT molecular complexity index is 582. The molecule has 1 aromatic heterocycles. The Kier molecular flexibility index (Phi) is 6.68. The van der Waals surface area contributed by atoms with Gasteiger partial charge in [0.2, 0.25) is 5.91 Å². The molecule has 1 atom stereocenters. The summed E-state index contributed by atoms with van der Waals surface area (Å²) in [5, 5.41) is 14.6. The molecule has 1 saturated carbocycles. The summed E-state index contributed by atoms with van der Waals surface area (Å²) in [6, 6.07) is -0.0777. The van der Waals surface area contributed by atoms with Crippen molar-refractivity contribution in [3.8, 4) is 0 Å². The molecular weight excluding hydrogens is 310 g/mol. The molecule has 0 unspecified atom stereocenters. The first kappa shape index (κ1) is 17.9. The molecule has 0 aliphatic heterocycles. The molecular formula is C16H23N5O3.